The van der Waals surface area contributed by atoms with E-state index in [0.29, 0.717) is 24.1 Å². The first-order chi connectivity index (χ1) is 14.1. The van der Waals surface area contributed by atoms with Gasteiger partial charge in [0.05, 0.1) is 11.6 Å². The quantitative estimate of drug-likeness (QED) is 0.711. The van der Waals surface area contributed by atoms with Crippen LogP contribution in [0.3, 0.4) is 0 Å². The number of anilines is 4. The molecule has 0 saturated carbocycles. The van der Waals surface area contributed by atoms with Crippen LogP contribution >= 0.6 is 0 Å². The zero-order valence-corrected chi connectivity index (χ0v) is 15.9. The van der Waals surface area contributed by atoms with Gasteiger partial charge in [0.2, 0.25) is 17.8 Å². The number of nitriles is 1. The van der Waals surface area contributed by atoms with E-state index in [0.717, 1.165) is 35.3 Å². The Morgan fingerprint density at radius 1 is 1.17 bits per heavy atom. The van der Waals surface area contributed by atoms with E-state index < -0.39 is 0 Å². The zero-order valence-electron chi connectivity index (χ0n) is 15.9. The van der Waals surface area contributed by atoms with Crippen LogP contribution in [-0.4, -0.2) is 27.4 Å². The molecule has 8 heteroatoms. The number of hydrogen-bond donors (Lipinski definition) is 2. The minimum atomic E-state index is -0.130. The highest BCUT2D eigenvalue weighted by Gasteiger charge is 2.21. The number of nitrogens with zero attached hydrogens (tertiary/aromatic N) is 5. The van der Waals surface area contributed by atoms with E-state index in [4.69, 9.17) is 0 Å². The summed E-state index contributed by atoms with van der Waals surface area (Å²) in [6.07, 6.45) is 2.25. The van der Waals surface area contributed by atoms with Gasteiger partial charge in [0.15, 0.2) is 0 Å². The van der Waals surface area contributed by atoms with Crippen molar-refractivity contribution in [2.45, 2.75) is 19.9 Å². The summed E-state index contributed by atoms with van der Waals surface area (Å²) in [5.74, 6) is 0.870. The van der Waals surface area contributed by atoms with Gasteiger partial charge in [0.25, 0.3) is 0 Å². The molecule has 8 nitrogen and oxygen atoms in total. The van der Waals surface area contributed by atoms with Crippen LogP contribution in [0.2, 0.25) is 0 Å². The van der Waals surface area contributed by atoms with Crippen LogP contribution in [0, 0.1) is 11.3 Å². The molecule has 0 aliphatic carbocycles. The Morgan fingerprint density at radius 3 is 2.83 bits per heavy atom. The Morgan fingerprint density at radius 2 is 2.00 bits per heavy atom. The van der Waals surface area contributed by atoms with Crippen molar-refractivity contribution in [2.24, 2.45) is 0 Å². The zero-order chi connectivity index (χ0) is 20.2. The fourth-order valence-corrected chi connectivity index (χ4v) is 3.39. The Bertz CT molecular complexity index is 1110. The van der Waals surface area contributed by atoms with Gasteiger partial charge in [-0.2, -0.15) is 10.2 Å². The molecule has 1 aliphatic heterocycles. The lowest BCUT2D eigenvalue weighted by Gasteiger charge is -2.29. The van der Waals surface area contributed by atoms with E-state index in [1.165, 1.54) is 13.3 Å². The van der Waals surface area contributed by atoms with Crippen LogP contribution < -0.4 is 15.5 Å². The first kappa shape index (κ1) is 18.4. The molecule has 144 valence electrons. The average molecular weight is 385 g/mol. The lowest BCUT2D eigenvalue weighted by Crippen LogP contribution is -2.32. The second-order valence-corrected chi connectivity index (χ2v) is 6.72. The van der Waals surface area contributed by atoms with Crippen molar-refractivity contribution in [1.82, 2.24) is 15.0 Å². The molecule has 4 rings (SSSR count). The maximum Gasteiger partial charge on any atom is 0.232 e. The molecule has 0 bridgehead atoms. The second kappa shape index (κ2) is 7.94. The van der Waals surface area contributed by atoms with E-state index in [9.17, 15) is 10.1 Å². The van der Waals surface area contributed by atoms with Gasteiger partial charge in [-0.3, -0.25) is 4.79 Å². The minimum absolute atomic E-state index is 0.130. The Labute approximate surface area is 168 Å². The Kier molecular flexibility index (Phi) is 5.03. The molecule has 0 fully saturated rings. The normalized spacial score (nSPS) is 12.6. The molecule has 0 saturated heterocycles. The highest BCUT2D eigenvalue weighted by molar-refractivity contribution is 5.89. The van der Waals surface area contributed by atoms with Crippen molar-refractivity contribution in [3.8, 4) is 6.07 Å². The number of fused-ring (bicyclic) bond motifs is 1. The van der Waals surface area contributed by atoms with Crippen molar-refractivity contribution in [1.29, 1.82) is 5.26 Å². The highest BCUT2D eigenvalue weighted by Crippen LogP contribution is 2.25. The van der Waals surface area contributed by atoms with Crippen LogP contribution in [0.15, 0.2) is 48.8 Å². The lowest BCUT2D eigenvalue weighted by molar-refractivity contribution is -0.114. The molecule has 0 spiro atoms. The largest absolute Gasteiger partial charge is 0.336 e. The molecule has 1 aliphatic rings. The number of hydrogen-bond acceptors (Lipinski definition) is 7. The van der Waals surface area contributed by atoms with Gasteiger partial charge >= 0.3 is 0 Å². The molecule has 2 heterocycles. The van der Waals surface area contributed by atoms with Crippen molar-refractivity contribution in [2.75, 3.05) is 22.1 Å². The third kappa shape index (κ3) is 4.14. The van der Waals surface area contributed by atoms with Crippen molar-refractivity contribution < 1.29 is 4.79 Å². The summed E-state index contributed by atoms with van der Waals surface area (Å²) in [4.78, 5) is 26.4. The Balaban J connectivity index is 1.52. The fourth-order valence-electron chi connectivity index (χ4n) is 3.39. The summed E-state index contributed by atoms with van der Waals surface area (Å²) in [6.45, 7) is 2.84. The average Bonchev–Trinajstić information content (AvgIpc) is 2.73. The van der Waals surface area contributed by atoms with E-state index in [2.05, 4.69) is 36.6 Å². The summed E-state index contributed by atoms with van der Waals surface area (Å²) in [6, 6.07) is 15.4. The molecule has 2 aromatic carbocycles. The first-order valence-electron chi connectivity index (χ1n) is 9.22. The fraction of sp³-hybridized carbons (Fsp3) is 0.190. The topological polar surface area (TPSA) is 107 Å². The third-order valence-corrected chi connectivity index (χ3v) is 4.67. The monoisotopic (exact) mass is 385 g/mol. The van der Waals surface area contributed by atoms with E-state index >= 15 is 0 Å². The smallest absolute Gasteiger partial charge is 0.232 e. The standard InChI is InChI=1S/C21H19N7O/c1-14(29)25-17-6-3-7-18(10-17)26-20-23-13-24-21(27-20)28-9-8-19-15(11-22)4-2-5-16(19)12-28/h2-7,10,13H,8-9,12H2,1H3,(H,25,29)(H,23,24,26,27). The summed E-state index contributed by atoms with van der Waals surface area (Å²) in [5, 5.41) is 15.2. The Hall–Kier alpha value is -3.99. The molecular formula is C21H19N7O. The maximum atomic E-state index is 11.2. The van der Waals surface area contributed by atoms with E-state index in [1.54, 1.807) is 0 Å². The molecule has 2 N–H and O–H groups in total. The highest BCUT2D eigenvalue weighted by atomic mass is 16.1. The van der Waals surface area contributed by atoms with Crippen LogP contribution in [0.1, 0.15) is 23.6 Å². The second-order valence-electron chi connectivity index (χ2n) is 6.72. The number of aromatic nitrogens is 3. The third-order valence-electron chi connectivity index (χ3n) is 4.67. The number of rotatable bonds is 4. The van der Waals surface area contributed by atoms with Gasteiger partial charge in [-0.1, -0.05) is 18.2 Å². The number of benzene rings is 2. The first-order valence-corrected chi connectivity index (χ1v) is 9.22. The molecule has 1 aromatic heterocycles. The van der Waals surface area contributed by atoms with Crippen LogP contribution in [0.5, 0.6) is 0 Å². The van der Waals surface area contributed by atoms with Gasteiger partial charge in [-0.25, -0.2) is 9.97 Å². The number of carbonyl (C=O) groups excluding carboxylic acids is 1. The van der Waals surface area contributed by atoms with Crippen LogP contribution in [-0.2, 0) is 17.8 Å². The molecule has 0 radical (unpaired) electrons. The van der Waals surface area contributed by atoms with Gasteiger partial charge < -0.3 is 15.5 Å². The van der Waals surface area contributed by atoms with Crippen molar-refractivity contribution in [3.05, 3.63) is 65.5 Å². The minimum Gasteiger partial charge on any atom is -0.336 e. The van der Waals surface area contributed by atoms with Gasteiger partial charge in [-0.15, -0.1) is 0 Å². The van der Waals surface area contributed by atoms with Gasteiger partial charge in [-0.05, 0) is 41.8 Å². The molecule has 1 amide bonds. The van der Waals surface area contributed by atoms with Gasteiger partial charge in [0.1, 0.15) is 6.33 Å². The number of carbonyl (C=O) groups is 1. The van der Waals surface area contributed by atoms with Crippen molar-refractivity contribution in [3.63, 3.8) is 0 Å². The van der Waals surface area contributed by atoms with Gasteiger partial charge in [0, 0.05) is 31.4 Å². The van der Waals surface area contributed by atoms with Crippen LogP contribution in [0.25, 0.3) is 0 Å². The molecule has 3 aromatic rings. The van der Waals surface area contributed by atoms with Crippen molar-refractivity contribution >= 4 is 29.2 Å². The lowest BCUT2D eigenvalue weighted by atomic mass is 9.95. The van der Waals surface area contributed by atoms with E-state index in [1.807, 2.05) is 42.5 Å². The summed E-state index contributed by atoms with van der Waals surface area (Å²) < 4.78 is 0. The predicted octanol–water partition coefficient (Wildman–Crippen LogP) is 3.01. The molecule has 0 atom stereocenters. The summed E-state index contributed by atoms with van der Waals surface area (Å²) >= 11 is 0. The number of nitrogens with one attached hydrogen (secondary N) is 2. The summed E-state index contributed by atoms with van der Waals surface area (Å²) in [5.41, 5.74) is 4.41. The molecular weight excluding hydrogens is 366 g/mol. The SMILES string of the molecule is CC(=O)Nc1cccc(Nc2ncnc(N3CCc4c(C#N)cccc4C3)n2)c1. The van der Waals surface area contributed by atoms with Crippen LogP contribution in [0.4, 0.5) is 23.3 Å². The van der Waals surface area contributed by atoms with E-state index in [-0.39, 0.29) is 5.91 Å². The molecule has 0 unspecified atom stereocenters. The predicted molar refractivity (Wildman–Crippen MR) is 110 cm³/mol. The maximum absolute atomic E-state index is 11.2. The summed E-state index contributed by atoms with van der Waals surface area (Å²) in [7, 11) is 0. The number of amides is 1. The molecule has 29 heavy (non-hydrogen) atoms.